The molecule has 2 fully saturated rings. The van der Waals surface area contributed by atoms with Crippen LogP contribution in [0.1, 0.15) is 31.4 Å². The number of fused-ring (bicyclic) bond motifs is 2. The number of carbonyl (C=O) groups excluding carboxylic acids is 1. The number of rotatable bonds is 14. The molecule has 3 aliphatic heterocycles. The van der Waals surface area contributed by atoms with Gasteiger partial charge >= 0.3 is 6.09 Å². The van der Waals surface area contributed by atoms with Crippen molar-refractivity contribution in [2.45, 2.75) is 62.7 Å². The van der Waals surface area contributed by atoms with Gasteiger partial charge in [-0.15, -0.1) is 0 Å². The van der Waals surface area contributed by atoms with Gasteiger partial charge in [-0.2, -0.15) is 4.31 Å². The highest BCUT2D eigenvalue weighted by Crippen LogP contribution is 2.35. The van der Waals surface area contributed by atoms with Gasteiger partial charge in [-0.3, -0.25) is 4.98 Å². The van der Waals surface area contributed by atoms with E-state index in [1.807, 2.05) is 50.2 Å². The number of amides is 1. The van der Waals surface area contributed by atoms with Gasteiger partial charge in [-0.05, 0) is 66.3 Å². The Morgan fingerprint density at radius 1 is 1.02 bits per heavy atom. The highest BCUT2D eigenvalue weighted by molar-refractivity contribution is 7.89. The summed E-state index contributed by atoms with van der Waals surface area (Å²) < 4.78 is 62.6. The maximum Gasteiger partial charge on any atom is 0.407 e. The van der Waals surface area contributed by atoms with Crippen LogP contribution >= 0.6 is 0 Å². The van der Waals surface area contributed by atoms with Crippen molar-refractivity contribution >= 4 is 16.1 Å². The Morgan fingerprint density at radius 3 is 2.56 bits per heavy atom. The largest absolute Gasteiger partial charge is 0.489 e. The summed E-state index contributed by atoms with van der Waals surface area (Å²) in [6.45, 7) is 4.77. The Morgan fingerprint density at radius 2 is 1.79 bits per heavy atom. The number of aliphatic hydroxyl groups excluding tert-OH is 1. The zero-order chi connectivity index (χ0) is 33.7. The maximum absolute atomic E-state index is 13.9. The molecule has 0 bridgehead atoms. The fourth-order valence-corrected chi connectivity index (χ4v) is 7.61. The minimum absolute atomic E-state index is 0.00988. The fourth-order valence-electron chi connectivity index (χ4n) is 5.98. The molecule has 0 aliphatic carbocycles. The Balaban J connectivity index is 1.18. The second-order valence-corrected chi connectivity index (χ2v) is 14.4. The van der Waals surface area contributed by atoms with E-state index in [2.05, 4.69) is 10.3 Å². The first-order valence-corrected chi connectivity index (χ1v) is 17.5. The number of carbonyl (C=O) groups is 1. The molecule has 0 spiro atoms. The van der Waals surface area contributed by atoms with Gasteiger partial charge in [0.2, 0.25) is 16.8 Å². The molecule has 14 heteroatoms. The molecule has 0 radical (unpaired) electrons. The van der Waals surface area contributed by atoms with Crippen LogP contribution in [0, 0.1) is 11.8 Å². The normalized spacial score (nSPS) is 21.2. The Bertz CT molecular complexity index is 1640. The lowest BCUT2D eigenvalue weighted by molar-refractivity contribution is -0.0907. The number of ether oxygens (including phenoxy) is 6. The van der Waals surface area contributed by atoms with Crippen LogP contribution in [0.2, 0.25) is 0 Å². The molecule has 2 saturated heterocycles. The second-order valence-electron chi connectivity index (χ2n) is 12.5. The van der Waals surface area contributed by atoms with Crippen molar-refractivity contribution in [3.63, 3.8) is 0 Å². The summed E-state index contributed by atoms with van der Waals surface area (Å²) in [6.07, 6.45) is 1.39. The number of pyridine rings is 1. The quantitative estimate of drug-likeness (QED) is 0.257. The molecule has 0 saturated carbocycles. The number of hydrogen-bond donors (Lipinski definition) is 2. The number of benzene rings is 2. The van der Waals surface area contributed by atoms with Crippen LogP contribution in [0.5, 0.6) is 17.2 Å². The van der Waals surface area contributed by atoms with Gasteiger partial charge < -0.3 is 38.8 Å². The molecule has 13 nitrogen and oxygen atoms in total. The average Bonchev–Trinajstić information content (AvgIpc) is 3.83. The van der Waals surface area contributed by atoms with Gasteiger partial charge in [0, 0.05) is 31.5 Å². The third-order valence-corrected chi connectivity index (χ3v) is 10.3. The number of sulfonamides is 1. The summed E-state index contributed by atoms with van der Waals surface area (Å²) >= 11 is 0. The van der Waals surface area contributed by atoms with Crippen LogP contribution in [0.3, 0.4) is 0 Å². The van der Waals surface area contributed by atoms with Crippen LogP contribution in [-0.2, 0) is 37.3 Å². The lowest BCUT2D eigenvalue weighted by Crippen LogP contribution is -2.51. The number of nitrogens with zero attached hydrogens (tertiary/aromatic N) is 2. The summed E-state index contributed by atoms with van der Waals surface area (Å²) in [4.78, 5) is 17.3. The first-order chi connectivity index (χ1) is 23.2. The molecule has 48 heavy (non-hydrogen) atoms. The molecule has 0 unspecified atom stereocenters. The molecule has 5 atom stereocenters. The Hall–Kier alpha value is -3.95. The molecule has 4 heterocycles. The van der Waals surface area contributed by atoms with E-state index in [4.69, 9.17) is 28.4 Å². The molecule has 258 valence electrons. The van der Waals surface area contributed by atoms with Crippen LogP contribution in [-0.4, -0.2) is 86.5 Å². The van der Waals surface area contributed by atoms with E-state index in [9.17, 15) is 18.3 Å². The van der Waals surface area contributed by atoms with Crippen LogP contribution in [0.25, 0.3) is 0 Å². The molecule has 1 amide bonds. The minimum atomic E-state index is -4.07. The van der Waals surface area contributed by atoms with E-state index in [1.54, 1.807) is 18.5 Å². The molecule has 1 aromatic heterocycles. The number of nitrogens with one attached hydrogen (secondary N) is 1. The molecule has 2 N–H and O–H groups in total. The SMILES string of the molecule is CC(C)CN(C[C@@H](O)[C@H](Cc1ccc(OCc2ccncc2)cc1)NC(=O)O[C@H]1CO[C@H]2OCC[C@H]21)S(=O)(=O)c1ccc2c(c1)OCO2. The third-order valence-electron chi connectivity index (χ3n) is 8.49. The van der Waals surface area contributed by atoms with Gasteiger partial charge in [-0.25, -0.2) is 13.2 Å². The monoisotopic (exact) mass is 683 g/mol. The predicted molar refractivity (Wildman–Crippen MR) is 172 cm³/mol. The van der Waals surface area contributed by atoms with Gasteiger partial charge in [-0.1, -0.05) is 26.0 Å². The lowest BCUT2D eigenvalue weighted by Gasteiger charge is -2.31. The highest BCUT2D eigenvalue weighted by Gasteiger charge is 2.44. The topological polar surface area (TPSA) is 155 Å². The summed E-state index contributed by atoms with van der Waals surface area (Å²) in [7, 11) is -4.07. The minimum Gasteiger partial charge on any atom is -0.489 e. The summed E-state index contributed by atoms with van der Waals surface area (Å²) in [5, 5.41) is 14.5. The van der Waals surface area contributed by atoms with Gasteiger partial charge in [0.25, 0.3) is 0 Å². The van der Waals surface area contributed by atoms with Crippen molar-refractivity contribution in [1.82, 2.24) is 14.6 Å². The molecule has 3 aromatic rings. The van der Waals surface area contributed by atoms with Crippen LogP contribution < -0.4 is 19.5 Å². The van der Waals surface area contributed by atoms with Gasteiger partial charge in [0.1, 0.15) is 18.5 Å². The van der Waals surface area contributed by atoms with Crippen molar-refractivity contribution in [2.75, 3.05) is 33.1 Å². The zero-order valence-corrected chi connectivity index (χ0v) is 27.7. The van der Waals surface area contributed by atoms with Crippen LogP contribution in [0.4, 0.5) is 4.79 Å². The van der Waals surface area contributed by atoms with Crippen molar-refractivity contribution < 1.29 is 46.7 Å². The standard InChI is InChI=1S/C34H41N3O10S/c1-22(2)17-37(48(40,41)26-7-8-30-31(16-26)46-21-45-30)18-29(38)28(36-34(39)47-32-20-44-33-27(32)11-14-42-33)15-23-3-5-25(6-4-23)43-19-24-9-12-35-13-10-24/h3-10,12-13,16,22,27-29,32-33,38H,11,14-15,17-21H2,1-2H3,(H,36,39)/t27-,28-,29+,32-,33+/m0/s1. The highest BCUT2D eigenvalue weighted by atomic mass is 32.2. The summed E-state index contributed by atoms with van der Waals surface area (Å²) in [5.74, 6) is 1.33. The fraction of sp³-hybridized carbons (Fsp3) is 0.471. The zero-order valence-electron chi connectivity index (χ0n) is 26.9. The smallest absolute Gasteiger partial charge is 0.407 e. The summed E-state index contributed by atoms with van der Waals surface area (Å²) in [6, 6.07) is 14.6. The van der Waals surface area contributed by atoms with Crippen molar-refractivity contribution in [3.8, 4) is 17.2 Å². The lowest BCUT2D eigenvalue weighted by atomic mass is 10.0. The first-order valence-electron chi connectivity index (χ1n) is 16.0. The van der Waals surface area contributed by atoms with E-state index in [-0.39, 0.29) is 49.6 Å². The number of aromatic nitrogens is 1. The van der Waals surface area contributed by atoms with Crippen molar-refractivity contribution in [1.29, 1.82) is 0 Å². The van der Waals surface area contributed by atoms with Crippen molar-refractivity contribution in [2.24, 2.45) is 11.8 Å². The average molecular weight is 684 g/mol. The van der Waals surface area contributed by atoms with Crippen LogP contribution in [0.15, 0.2) is 71.9 Å². The number of aliphatic hydroxyl groups is 1. The summed E-state index contributed by atoms with van der Waals surface area (Å²) in [5.41, 5.74) is 1.77. The van der Waals surface area contributed by atoms with Crippen molar-refractivity contribution in [3.05, 3.63) is 78.1 Å². The maximum atomic E-state index is 13.9. The van der Waals surface area contributed by atoms with E-state index in [1.165, 1.54) is 16.4 Å². The molecular formula is C34H41N3O10S. The van der Waals surface area contributed by atoms with E-state index in [0.29, 0.717) is 36.9 Å². The van der Waals surface area contributed by atoms with E-state index in [0.717, 1.165) is 11.1 Å². The Labute approximate surface area is 280 Å². The van der Waals surface area contributed by atoms with E-state index < -0.39 is 40.7 Å². The molecular weight excluding hydrogens is 642 g/mol. The number of hydrogen-bond acceptors (Lipinski definition) is 11. The second kappa shape index (κ2) is 15.1. The number of alkyl carbamates (subject to hydrolysis) is 1. The first kappa shape index (κ1) is 33.9. The third kappa shape index (κ3) is 8.18. The molecule has 2 aromatic carbocycles. The molecule has 6 rings (SSSR count). The van der Waals surface area contributed by atoms with E-state index >= 15 is 0 Å². The predicted octanol–water partition coefficient (Wildman–Crippen LogP) is 3.50. The van der Waals surface area contributed by atoms with Gasteiger partial charge in [0.05, 0.1) is 36.2 Å². The molecule has 3 aliphatic rings. The Kier molecular flexibility index (Phi) is 10.7. The van der Waals surface area contributed by atoms with Gasteiger partial charge in [0.15, 0.2) is 17.8 Å².